The van der Waals surface area contributed by atoms with Crippen molar-refractivity contribution in [2.24, 2.45) is 11.8 Å². The van der Waals surface area contributed by atoms with Crippen LogP contribution in [-0.2, 0) is 9.59 Å². The summed E-state index contributed by atoms with van der Waals surface area (Å²) in [6.45, 7) is 5.81. The molecule has 1 aromatic rings. The lowest BCUT2D eigenvalue weighted by atomic mass is 10.2. The van der Waals surface area contributed by atoms with Crippen LogP contribution in [0.4, 0.5) is 5.69 Å². The fourth-order valence-electron chi connectivity index (χ4n) is 3.37. The van der Waals surface area contributed by atoms with Gasteiger partial charge >= 0.3 is 0 Å². The van der Waals surface area contributed by atoms with E-state index in [4.69, 9.17) is 11.6 Å². The van der Waals surface area contributed by atoms with Crippen molar-refractivity contribution in [1.82, 2.24) is 10.2 Å². The second kappa shape index (κ2) is 8.09. The lowest BCUT2D eigenvalue weighted by molar-refractivity contribution is -0.135. The topological polar surface area (TPSA) is 52.7 Å². The summed E-state index contributed by atoms with van der Waals surface area (Å²) >= 11 is 6.06. The van der Waals surface area contributed by atoms with Gasteiger partial charge in [0.1, 0.15) is 0 Å². The van der Waals surface area contributed by atoms with Crippen LogP contribution in [-0.4, -0.2) is 49.4 Å². The Morgan fingerprint density at radius 3 is 2.64 bits per heavy atom. The summed E-state index contributed by atoms with van der Waals surface area (Å²) in [5, 5.41) is 3.66. The van der Waals surface area contributed by atoms with Crippen LogP contribution in [0, 0.1) is 11.8 Å². The van der Waals surface area contributed by atoms with Crippen molar-refractivity contribution >= 4 is 29.1 Å². The Morgan fingerprint density at radius 2 is 1.96 bits per heavy atom. The van der Waals surface area contributed by atoms with Gasteiger partial charge in [0.2, 0.25) is 11.8 Å². The number of halogens is 1. The molecule has 2 aliphatic rings. The Kier molecular flexibility index (Phi) is 5.84. The minimum Gasteiger partial charge on any atom is -0.368 e. The molecule has 1 saturated carbocycles. The molecular weight excluding hydrogens is 338 g/mol. The minimum absolute atomic E-state index is 0.0457. The van der Waals surface area contributed by atoms with Gasteiger partial charge in [0.05, 0.1) is 11.8 Å². The Labute approximate surface area is 154 Å². The maximum Gasteiger partial charge on any atom is 0.226 e. The molecule has 2 atom stereocenters. The molecule has 0 aromatic heterocycles. The smallest absolute Gasteiger partial charge is 0.226 e. The summed E-state index contributed by atoms with van der Waals surface area (Å²) in [5.41, 5.74) is 1.10. The molecule has 0 radical (unpaired) electrons. The molecule has 2 unspecified atom stereocenters. The van der Waals surface area contributed by atoms with Gasteiger partial charge in [0.15, 0.2) is 0 Å². The molecule has 1 saturated heterocycles. The number of anilines is 1. The maximum absolute atomic E-state index is 12.6. The molecular formula is C19H26ClN3O2. The van der Waals surface area contributed by atoms with Gasteiger partial charge in [-0.05, 0) is 31.0 Å². The zero-order valence-electron chi connectivity index (χ0n) is 14.7. The summed E-state index contributed by atoms with van der Waals surface area (Å²) in [4.78, 5) is 28.8. The van der Waals surface area contributed by atoms with Gasteiger partial charge in [-0.2, -0.15) is 0 Å². The van der Waals surface area contributed by atoms with Gasteiger partial charge in [-0.1, -0.05) is 31.0 Å². The first-order valence-electron chi connectivity index (χ1n) is 9.17. The number of piperazine rings is 1. The van der Waals surface area contributed by atoms with E-state index in [1.807, 2.05) is 29.2 Å². The Morgan fingerprint density at radius 1 is 1.20 bits per heavy atom. The first-order valence-corrected chi connectivity index (χ1v) is 9.55. The van der Waals surface area contributed by atoms with Crippen LogP contribution in [0.15, 0.2) is 24.3 Å². The standard InChI is InChI=1S/C19H26ClN3O2/c1-2-3-7-21-18(24)16-13-17(16)19(25)23-10-8-22(9-11-23)15-6-4-5-14(20)12-15/h4-6,12,16-17H,2-3,7-11,13H2,1H3,(H,21,24). The predicted molar refractivity (Wildman–Crippen MR) is 99.8 cm³/mol. The van der Waals surface area contributed by atoms with E-state index >= 15 is 0 Å². The number of carbonyl (C=O) groups is 2. The van der Waals surface area contributed by atoms with Crippen LogP contribution in [0.1, 0.15) is 26.2 Å². The van der Waals surface area contributed by atoms with Crippen LogP contribution in [0.3, 0.4) is 0 Å². The molecule has 1 aromatic carbocycles. The maximum atomic E-state index is 12.6. The van der Waals surface area contributed by atoms with Crippen molar-refractivity contribution in [3.63, 3.8) is 0 Å². The molecule has 0 spiro atoms. The molecule has 1 aliphatic heterocycles. The Hall–Kier alpha value is -1.75. The second-order valence-electron chi connectivity index (χ2n) is 6.89. The van der Waals surface area contributed by atoms with Crippen LogP contribution >= 0.6 is 11.6 Å². The number of amides is 2. The highest BCUT2D eigenvalue weighted by Gasteiger charge is 2.49. The van der Waals surface area contributed by atoms with Gasteiger partial charge in [-0.3, -0.25) is 9.59 Å². The molecule has 2 amide bonds. The van der Waals surface area contributed by atoms with E-state index in [9.17, 15) is 9.59 Å². The highest BCUT2D eigenvalue weighted by molar-refractivity contribution is 6.30. The summed E-state index contributed by atoms with van der Waals surface area (Å²) in [7, 11) is 0. The van der Waals surface area contributed by atoms with Crippen molar-refractivity contribution in [3.05, 3.63) is 29.3 Å². The molecule has 1 heterocycles. The first-order chi connectivity index (χ1) is 12.1. The van der Waals surface area contributed by atoms with Gasteiger partial charge in [0, 0.05) is 43.4 Å². The lowest BCUT2D eigenvalue weighted by Gasteiger charge is -2.36. The molecule has 136 valence electrons. The summed E-state index contributed by atoms with van der Waals surface area (Å²) < 4.78 is 0. The molecule has 1 N–H and O–H groups in total. The third kappa shape index (κ3) is 4.46. The van der Waals surface area contributed by atoms with E-state index in [1.54, 1.807) is 0 Å². The lowest BCUT2D eigenvalue weighted by Crippen LogP contribution is -2.49. The number of benzene rings is 1. The van der Waals surface area contributed by atoms with Crippen molar-refractivity contribution in [2.45, 2.75) is 26.2 Å². The van der Waals surface area contributed by atoms with Crippen molar-refractivity contribution in [3.8, 4) is 0 Å². The van der Waals surface area contributed by atoms with Crippen molar-refractivity contribution < 1.29 is 9.59 Å². The van der Waals surface area contributed by atoms with Gasteiger partial charge in [-0.15, -0.1) is 0 Å². The van der Waals surface area contributed by atoms with Gasteiger partial charge in [0.25, 0.3) is 0 Å². The second-order valence-corrected chi connectivity index (χ2v) is 7.32. The predicted octanol–water partition coefficient (Wildman–Crippen LogP) is 2.54. The van der Waals surface area contributed by atoms with Crippen LogP contribution < -0.4 is 10.2 Å². The van der Waals surface area contributed by atoms with E-state index in [0.717, 1.165) is 36.6 Å². The molecule has 6 heteroatoms. The van der Waals surface area contributed by atoms with Crippen molar-refractivity contribution in [1.29, 1.82) is 0 Å². The van der Waals surface area contributed by atoms with E-state index in [0.29, 0.717) is 26.1 Å². The van der Waals surface area contributed by atoms with E-state index < -0.39 is 0 Å². The Bertz CT molecular complexity index is 629. The third-order valence-electron chi connectivity index (χ3n) is 5.04. The van der Waals surface area contributed by atoms with Crippen molar-refractivity contribution in [2.75, 3.05) is 37.6 Å². The normalized spacial score (nSPS) is 22.6. The zero-order valence-corrected chi connectivity index (χ0v) is 15.5. The fraction of sp³-hybridized carbons (Fsp3) is 0.579. The molecule has 3 rings (SSSR count). The highest BCUT2D eigenvalue weighted by Crippen LogP contribution is 2.40. The first kappa shape index (κ1) is 18.1. The summed E-state index contributed by atoms with van der Waals surface area (Å²) in [6, 6.07) is 7.81. The molecule has 0 bridgehead atoms. The largest absolute Gasteiger partial charge is 0.368 e. The van der Waals surface area contributed by atoms with E-state index in [2.05, 4.69) is 17.1 Å². The number of unbranched alkanes of at least 4 members (excludes halogenated alkanes) is 1. The Balaban J connectivity index is 1.46. The number of carbonyl (C=O) groups excluding carboxylic acids is 2. The van der Waals surface area contributed by atoms with Gasteiger partial charge < -0.3 is 15.1 Å². The quantitative estimate of drug-likeness (QED) is 0.790. The fourth-order valence-corrected chi connectivity index (χ4v) is 3.55. The van der Waals surface area contributed by atoms with E-state index in [-0.39, 0.29) is 23.7 Å². The number of nitrogens with zero attached hydrogens (tertiary/aromatic N) is 2. The van der Waals surface area contributed by atoms with Crippen LogP contribution in [0.5, 0.6) is 0 Å². The molecule has 2 fully saturated rings. The highest BCUT2D eigenvalue weighted by atomic mass is 35.5. The average molecular weight is 364 g/mol. The minimum atomic E-state index is -0.115. The molecule has 1 aliphatic carbocycles. The molecule has 25 heavy (non-hydrogen) atoms. The monoisotopic (exact) mass is 363 g/mol. The SMILES string of the molecule is CCCCNC(=O)C1CC1C(=O)N1CCN(c2cccc(Cl)c2)CC1. The molecule has 5 nitrogen and oxygen atoms in total. The number of rotatable bonds is 6. The van der Waals surface area contributed by atoms with Gasteiger partial charge in [-0.25, -0.2) is 0 Å². The number of hydrogen-bond donors (Lipinski definition) is 1. The number of hydrogen-bond acceptors (Lipinski definition) is 3. The zero-order chi connectivity index (χ0) is 17.8. The number of nitrogens with one attached hydrogen (secondary N) is 1. The van der Waals surface area contributed by atoms with E-state index in [1.165, 1.54) is 0 Å². The third-order valence-corrected chi connectivity index (χ3v) is 5.27. The summed E-state index contributed by atoms with van der Waals surface area (Å²) in [5.74, 6) is -0.0413. The summed E-state index contributed by atoms with van der Waals surface area (Å²) in [6.07, 6.45) is 2.75. The average Bonchev–Trinajstić information content (AvgIpc) is 3.42. The van der Waals surface area contributed by atoms with Crippen LogP contribution in [0.2, 0.25) is 5.02 Å². The van der Waals surface area contributed by atoms with Crippen LogP contribution in [0.25, 0.3) is 0 Å².